The monoisotopic (exact) mass is 297 g/mol. The number of imidazole rings is 1. The van der Waals surface area contributed by atoms with E-state index in [1.54, 1.807) is 10.6 Å². The molecule has 6 heteroatoms. The Morgan fingerprint density at radius 2 is 1.95 bits per heavy atom. The van der Waals surface area contributed by atoms with Crippen LogP contribution in [0.4, 0.5) is 5.82 Å². The highest BCUT2D eigenvalue weighted by atomic mass is 16.6. The molecule has 0 amide bonds. The number of fused-ring (bicyclic) bond motifs is 2. The maximum Gasteiger partial charge on any atom is 0.162 e. The fourth-order valence-electron chi connectivity index (χ4n) is 2.60. The van der Waals surface area contributed by atoms with Crippen molar-refractivity contribution in [2.24, 2.45) is 0 Å². The first kappa shape index (κ1) is 13.0. The van der Waals surface area contributed by atoms with Crippen molar-refractivity contribution in [2.45, 2.75) is 6.61 Å². The number of hydrogen-bond donors (Lipinski definition) is 2. The molecule has 22 heavy (non-hydrogen) atoms. The van der Waals surface area contributed by atoms with Gasteiger partial charge in [-0.2, -0.15) is 0 Å². The third-order valence-corrected chi connectivity index (χ3v) is 3.71. The van der Waals surface area contributed by atoms with Gasteiger partial charge < -0.3 is 20.3 Å². The molecule has 0 saturated heterocycles. The Hall–Kier alpha value is -2.73. The SMILES string of the molecule is Nc1c(-c2ccc3c(c2)OCCO3)nc2ccc(CO)cn12. The quantitative estimate of drug-likeness (QED) is 0.754. The predicted molar refractivity (Wildman–Crippen MR) is 82.0 cm³/mol. The molecule has 0 atom stereocenters. The smallest absolute Gasteiger partial charge is 0.162 e. The Labute approximate surface area is 126 Å². The van der Waals surface area contributed by atoms with Crippen LogP contribution in [0.5, 0.6) is 11.5 Å². The zero-order valence-electron chi connectivity index (χ0n) is 11.8. The molecule has 3 aromatic rings. The molecule has 3 N–H and O–H groups in total. The van der Waals surface area contributed by atoms with Gasteiger partial charge in [-0.1, -0.05) is 6.07 Å². The molecule has 1 aromatic carbocycles. The van der Waals surface area contributed by atoms with Crippen LogP contribution in [0.15, 0.2) is 36.5 Å². The van der Waals surface area contributed by atoms with Gasteiger partial charge in [0.25, 0.3) is 0 Å². The van der Waals surface area contributed by atoms with E-state index in [1.807, 2.05) is 30.3 Å². The number of aromatic nitrogens is 2. The fraction of sp³-hybridized carbons (Fsp3) is 0.188. The number of hydrogen-bond acceptors (Lipinski definition) is 5. The van der Waals surface area contributed by atoms with E-state index in [0.29, 0.717) is 30.5 Å². The number of nitrogens with two attached hydrogens (primary N) is 1. The molecule has 1 aliphatic heterocycles. The van der Waals surface area contributed by atoms with Gasteiger partial charge in [-0.3, -0.25) is 4.40 Å². The van der Waals surface area contributed by atoms with Gasteiger partial charge in [0.15, 0.2) is 11.5 Å². The second-order valence-corrected chi connectivity index (χ2v) is 5.13. The van der Waals surface area contributed by atoms with E-state index in [9.17, 15) is 5.11 Å². The minimum Gasteiger partial charge on any atom is -0.486 e. The molecule has 6 nitrogen and oxygen atoms in total. The van der Waals surface area contributed by atoms with Crippen molar-refractivity contribution in [3.05, 3.63) is 42.1 Å². The summed E-state index contributed by atoms with van der Waals surface area (Å²) in [7, 11) is 0. The summed E-state index contributed by atoms with van der Waals surface area (Å²) in [6.45, 7) is 1.07. The summed E-state index contributed by atoms with van der Waals surface area (Å²) in [4.78, 5) is 4.57. The van der Waals surface area contributed by atoms with Gasteiger partial charge in [-0.05, 0) is 29.8 Å². The summed E-state index contributed by atoms with van der Waals surface area (Å²) in [5.41, 5.74) is 9.29. The van der Waals surface area contributed by atoms with E-state index >= 15 is 0 Å². The first-order valence-corrected chi connectivity index (χ1v) is 7.03. The average Bonchev–Trinajstić information content (AvgIpc) is 2.90. The second kappa shape index (κ2) is 4.92. The van der Waals surface area contributed by atoms with E-state index in [1.165, 1.54) is 0 Å². The van der Waals surface area contributed by atoms with Crippen molar-refractivity contribution >= 4 is 11.5 Å². The van der Waals surface area contributed by atoms with Gasteiger partial charge >= 0.3 is 0 Å². The highest BCUT2D eigenvalue weighted by Crippen LogP contribution is 2.36. The first-order valence-electron chi connectivity index (χ1n) is 7.03. The second-order valence-electron chi connectivity index (χ2n) is 5.13. The number of nitrogen functional groups attached to an aromatic ring is 1. The number of rotatable bonds is 2. The Balaban J connectivity index is 1.85. The molecule has 0 aliphatic carbocycles. The number of aliphatic hydroxyl groups excluding tert-OH is 1. The fourth-order valence-corrected chi connectivity index (χ4v) is 2.60. The third kappa shape index (κ3) is 1.96. The van der Waals surface area contributed by atoms with Crippen LogP contribution < -0.4 is 15.2 Å². The highest BCUT2D eigenvalue weighted by Gasteiger charge is 2.16. The predicted octanol–water partition coefficient (Wildman–Crippen LogP) is 1.85. The minimum absolute atomic E-state index is 0.0348. The van der Waals surface area contributed by atoms with Gasteiger partial charge in [0, 0.05) is 11.8 Å². The van der Waals surface area contributed by atoms with Gasteiger partial charge in [0.1, 0.15) is 30.4 Å². The van der Waals surface area contributed by atoms with Gasteiger partial charge in [0.05, 0.1) is 6.61 Å². The van der Waals surface area contributed by atoms with Crippen LogP contribution in [0.2, 0.25) is 0 Å². The first-order chi connectivity index (χ1) is 10.8. The van der Waals surface area contributed by atoms with Gasteiger partial charge in [-0.25, -0.2) is 4.98 Å². The summed E-state index contributed by atoms with van der Waals surface area (Å²) in [5, 5.41) is 9.24. The molecule has 0 saturated carbocycles. The van der Waals surface area contributed by atoms with Gasteiger partial charge in [-0.15, -0.1) is 0 Å². The lowest BCUT2D eigenvalue weighted by atomic mass is 10.1. The largest absolute Gasteiger partial charge is 0.486 e. The minimum atomic E-state index is -0.0348. The summed E-state index contributed by atoms with van der Waals surface area (Å²) in [6, 6.07) is 9.34. The summed E-state index contributed by atoms with van der Waals surface area (Å²) >= 11 is 0. The maximum absolute atomic E-state index is 9.24. The van der Waals surface area contributed by atoms with Crippen LogP contribution in [0.3, 0.4) is 0 Å². The van der Waals surface area contributed by atoms with Crippen molar-refractivity contribution < 1.29 is 14.6 Å². The number of anilines is 1. The molecular weight excluding hydrogens is 282 g/mol. The zero-order chi connectivity index (χ0) is 15.1. The van der Waals surface area contributed by atoms with Crippen LogP contribution in [-0.4, -0.2) is 27.7 Å². The Morgan fingerprint density at radius 1 is 1.14 bits per heavy atom. The lowest BCUT2D eigenvalue weighted by Crippen LogP contribution is -2.15. The van der Waals surface area contributed by atoms with Crippen molar-refractivity contribution in [2.75, 3.05) is 18.9 Å². The number of ether oxygens (including phenoxy) is 2. The van der Waals surface area contributed by atoms with Crippen LogP contribution >= 0.6 is 0 Å². The molecule has 0 bridgehead atoms. The van der Waals surface area contributed by atoms with E-state index in [-0.39, 0.29) is 6.61 Å². The Kier molecular flexibility index (Phi) is 2.90. The number of benzene rings is 1. The normalized spacial score (nSPS) is 13.5. The molecule has 2 aromatic heterocycles. The lowest BCUT2D eigenvalue weighted by molar-refractivity contribution is 0.171. The van der Waals surface area contributed by atoms with E-state index < -0.39 is 0 Å². The van der Waals surface area contributed by atoms with Crippen molar-refractivity contribution in [3.8, 4) is 22.8 Å². The number of nitrogens with zero attached hydrogens (tertiary/aromatic N) is 2. The van der Waals surface area contributed by atoms with Gasteiger partial charge in [0.2, 0.25) is 0 Å². The molecule has 112 valence electrons. The standard InChI is InChI=1S/C16H15N3O3/c17-16-15(18-14-4-1-10(9-20)8-19(14)16)11-2-3-12-13(7-11)22-6-5-21-12/h1-4,7-8,20H,5-6,9,17H2. The molecular formula is C16H15N3O3. The highest BCUT2D eigenvalue weighted by molar-refractivity contribution is 5.76. The summed E-state index contributed by atoms with van der Waals surface area (Å²) < 4.78 is 12.9. The molecule has 1 aliphatic rings. The van der Waals surface area contributed by atoms with Crippen molar-refractivity contribution in [3.63, 3.8) is 0 Å². The number of aliphatic hydroxyl groups is 1. The van der Waals surface area contributed by atoms with E-state index in [0.717, 1.165) is 22.5 Å². The Morgan fingerprint density at radius 3 is 2.77 bits per heavy atom. The zero-order valence-corrected chi connectivity index (χ0v) is 11.8. The van der Waals surface area contributed by atoms with E-state index in [4.69, 9.17) is 15.2 Å². The summed E-state index contributed by atoms with van der Waals surface area (Å²) in [5.74, 6) is 1.97. The third-order valence-electron chi connectivity index (χ3n) is 3.71. The Bertz CT molecular complexity index is 857. The van der Waals surface area contributed by atoms with Crippen molar-refractivity contribution in [1.82, 2.24) is 9.38 Å². The number of pyridine rings is 1. The molecule has 3 heterocycles. The van der Waals surface area contributed by atoms with E-state index in [2.05, 4.69) is 4.98 Å². The van der Waals surface area contributed by atoms with Crippen LogP contribution in [0, 0.1) is 0 Å². The maximum atomic E-state index is 9.24. The molecule has 4 rings (SSSR count). The molecule has 0 radical (unpaired) electrons. The van der Waals surface area contributed by atoms with Crippen molar-refractivity contribution in [1.29, 1.82) is 0 Å². The van der Waals surface area contributed by atoms with Crippen LogP contribution in [-0.2, 0) is 6.61 Å². The molecule has 0 fully saturated rings. The average molecular weight is 297 g/mol. The summed E-state index contributed by atoms with van der Waals surface area (Å²) in [6.07, 6.45) is 1.79. The lowest BCUT2D eigenvalue weighted by Gasteiger charge is -2.18. The molecule has 0 unspecified atom stereocenters. The van der Waals surface area contributed by atoms with Crippen LogP contribution in [0.25, 0.3) is 16.9 Å². The van der Waals surface area contributed by atoms with Crippen LogP contribution in [0.1, 0.15) is 5.56 Å². The molecule has 0 spiro atoms. The topological polar surface area (TPSA) is 82.0 Å².